The molecule has 1 aromatic carbocycles. The van der Waals surface area contributed by atoms with E-state index in [1.165, 1.54) is 6.07 Å². The molecule has 7 nitrogen and oxygen atoms in total. The average molecular weight is 584 g/mol. The summed E-state index contributed by atoms with van der Waals surface area (Å²) in [5.41, 5.74) is 0.353. The van der Waals surface area contributed by atoms with Crippen LogP contribution in [0, 0.1) is 15.4 Å². The maximum atomic E-state index is 13.6. The third-order valence-corrected chi connectivity index (χ3v) is 6.22. The number of carbonyl (C=O) groups excluding carboxylic acids is 2. The van der Waals surface area contributed by atoms with Crippen molar-refractivity contribution in [3.05, 3.63) is 27.8 Å². The Hall–Kier alpha value is -1.55. The Balaban J connectivity index is 2.24. The van der Waals surface area contributed by atoms with Crippen molar-refractivity contribution in [3.63, 3.8) is 0 Å². The number of rotatable bonds is 6. The van der Waals surface area contributed by atoms with Crippen molar-refractivity contribution >= 4 is 50.3 Å². The lowest BCUT2D eigenvalue weighted by Crippen LogP contribution is -2.53. The molecule has 1 fully saturated rings. The summed E-state index contributed by atoms with van der Waals surface area (Å²) >= 11 is 1.98. The number of carbonyl (C=O) groups is 2. The lowest BCUT2D eigenvalue weighted by atomic mass is 9.78. The third kappa shape index (κ3) is 6.25. The van der Waals surface area contributed by atoms with E-state index in [1.807, 2.05) is 22.6 Å². The van der Waals surface area contributed by atoms with Crippen molar-refractivity contribution in [2.24, 2.45) is 11.8 Å². The largest absolute Gasteiger partial charge is 0.743 e. The molecule has 1 aromatic rings. The van der Waals surface area contributed by atoms with Crippen LogP contribution in [0.3, 0.4) is 0 Å². The van der Waals surface area contributed by atoms with Crippen LogP contribution in [0.25, 0.3) is 0 Å². The highest BCUT2D eigenvalue weighted by atomic mass is 127. The number of hydrogen-bond donors (Lipinski definition) is 1. The number of hydrogen-bond acceptors (Lipinski definition) is 6. The van der Waals surface area contributed by atoms with Crippen molar-refractivity contribution in [2.75, 3.05) is 5.32 Å². The van der Waals surface area contributed by atoms with Gasteiger partial charge >= 0.3 is 17.4 Å². The minimum Gasteiger partial charge on any atom is -0.743 e. The van der Waals surface area contributed by atoms with Gasteiger partial charge in [0.05, 0.1) is 11.8 Å². The molecule has 1 aliphatic carbocycles. The Morgan fingerprint density at radius 3 is 2.23 bits per heavy atom. The number of benzene rings is 1. The minimum absolute atomic E-state index is 0.0719. The van der Waals surface area contributed by atoms with Crippen LogP contribution in [0.5, 0.6) is 0 Å². The molecule has 0 saturated heterocycles. The van der Waals surface area contributed by atoms with E-state index in [9.17, 15) is 44.5 Å². The predicted molar refractivity (Wildman–Crippen MR) is 104 cm³/mol. The van der Waals surface area contributed by atoms with E-state index in [4.69, 9.17) is 0 Å². The Morgan fingerprint density at radius 2 is 1.71 bits per heavy atom. The summed E-state index contributed by atoms with van der Waals surface area (Å²) in [5, 5.41) is -3.43. The molecule has 0 aliphatic heterocycles. The minimum atomic E-state index is -6.80. The average Bonchev–Trinajstić information content (AvgIpc) is 2.64. The summed E-state index contributed by atoms with van der Waals surface area (Å²) in [5.74, 6) is -5.26. The molecule has 31 heavy (non-hydrogen) atoms. The lowest BCUT2D eigenvalue weighted by Gasteiger charge is -2.33. The quantitative estimate of drug-likeness (QED) is 0.237. The van der Waals surface area contributed by atoms with E-state index >= 15 is 0 Å². The van der Waals surface area contributed by atoms with Crippen LogP contribution >= 0.6 is 22.6 Å². The molecule has 1 aliphatic rings. The molecular weight excluding hydrogens is 568 g/mol. The van der Waals surface area contributed by atoms with E-state index < -0.39 is 51.4 Å². The summed E-state index contributed by atoms with van der Waals surface area (Å²) in [7, 11) is -6.80. The van der Waals surface area contributed by atoms with Crippen LogP contribution < -0.4 is 5.32 Å². The van der Waals surface area contributed by atoms with Gasteiger partial charge in [0, 0.05) is 9.26 Å². The van der Waals surface area contributed by atoms with Gasteiger partial charge < -0.3 is 14.6 Å². The summed E-state index contributed by atoms with van der Waals surface area (Å²) in [6.45, 7) is 0. The van der Waals surface area contributed by atoms with E-state index in [2.05, 4.69) is 10.1 Å². The molecule has 0 spiro atoms. The van der Waals surface area contributed by atoms with Gasteiger partial charge in [-0.15, -0.1) is 0 Å². The van der Waals surface area contributed by atoms with E-state index in [0.717, 1.165) is 3.57 Å². The number of anilines is 1. The van der Waals surface area contributed by atoms with Gasteiger partial charge in [-0.25, -0.2) is 8.42 Å². The number of esters is 1. The number of ether oxygens (including phenoxy) is 1. The van der Waals surface area contributed by atoms with Crippen molar-refractivity contribution in [1.29, 1.82) is 0 Å². The van der Waals surface area contributed by atoms with Gasteiger partial charge in [-0.2, -0.15) is 22.0 Å². The summed E-state index contributed by atoms with van der Waals surface area (Å²) in [4.78, 5) is 24.9. The van der Waals surface area contributed by atoms with E-state index in [1.54, 1.807) is 18.2 Å². The maximum absolute atomic E-state index is 13.6. The number of nitrogens with one attached hydrogen (secondary N) is 1. The highest BCUT2D eigenvalue weighted by molar-refractivity contribution is 14.1. The Morgan fingerprint density at radius 1 is 1.13 bits per heavy atom. The molecule has 0 radical (unpaired) electrons. The zero-order chi connectivity index (χ0) is 23.6. The van der Waals surface area contributed by atoms with Gasteiger partial charge in [-0.3, -0.25) is 9.59 Å². The number of amides is 1. The first kappa shape index (κ1) is 25.7. The van der Waals surface area contributed by atoms with Gasteiger partial charge in [0.25, 0.3) is 6.10 Å². The van der Waals surface area contributed by atoms with Crippen LogP contribution in [-0.4, -0.2) is 42.4 Å². The van der Waals surface area contributed by atoms with Gasteiger partial charge in [-0.05, 0) is 53.6 Å². The smallest absolute Gasteiger partial charge is 0.432 e. The second kappa shape index (κ2) is 9.52. The van der Waals surface area contributed by atoms with Gasteiger partial charge in [0.15, 0.2) is 10.1 Å². The number of alkyl halides is 5. The predicted octanol–water partition coefficient (Wildman–Crippen LogP) is 3.65. The topological polar surface area (TPSA) is 113 Å². The lowest BCUT2D eigenvalue weighted by molar-refractivity contribution is -0.261. The van der Waals surface area contributed by atoms with Crippen molar-refractivity contribution in [1.82, 2.24) is 0 Å². The molecule has 1 amide bonds. The SMILES string of the molecule is O=C(Nc1cccc(I)c1)C1CCCCC1C(=O)OC(C(F)(F)F)C(F)(F)S(=O)(=O)[O-]. The Kier molecular flexibility index (Phi) is 7.90. The van der Waals surface area contributed by atoms with Gasteiger partial charge in [0.2, 0.25) is 5.91 Å². The zero-order valence-corrected chi connectivity index (χ0v) is 18.5. The van der Waals surface area contributed by atoms with Crippen LogP contribution in [0.1, 0.15) is 25.7 Å². The van der Waals surface area contributed by atoms with Crippen LogP contribution in [0.15, 0.2) is 24.3 Å². The van der Waals surface area contributed by atoms with Gasteiger partial charge in [-0.1, -0.05) is 18.9 Å². The molecule has 1 saturated carbocycles. The molecule has 174 valence electrons. The normalized spacial score (nSPS) is 21.3. The second-order valence-electron chi connectivity index (χ2n) is 6.87. The molecular formula is C17H16F5INO6S-. The highest BCUT2D eigenvalue weighted by Crippen LogP contribution is 2.40. The van der Waals surface area contributed by atoms with Crippen molar-refractivity contribution in [3.8, 4) is 0 Å². The molecule has 0 aromatic heterocycles. The highest BCUT2D eigenvalue weighted by Gasteiger charge is 2.63. The number of halogens is 6. The molecule has 14 heteroatoms. The molecule has 3 atom stereocenters. The summed E-state index contributed by atoms with van der Waals surface area (Å²) < 4.78 is 103. The standard InChI is InChI=1S/C17H17F5INO6S/c18-16(19,20)15(17(21,22)31(27,28)29)30-14(26)12-7-2-1-6-11(12)13(25)24-10-5-3-4-9(23)8-10/h3-5,8,11-12,15H,1-2,6-7H2,(H,24,25)(H,27,28,29)/p-1. The van der Waals surface area contributed by atoms with Gasteiger partial charge in [0.1, 0.15) is 0 Å². The zero-order valence-electron chi connectivity index (χ0n) is 15.5. The molecule has 0 bridgehead atoms. The van der Waals surface area contributed by atoms with Crippen LogP contribution in [0.4, 0.5) is 27.6 Å². The summed E-state index contributed by atoms with van der Waals surface area (Å²) in [6.07, 6.45) is -9.84. The van der Waals surface area contributed by atoms with Crippen LogP contribution in [0.2, 0.25) is 0 Å². The first-order valence-corrected chi connectivity index (χ1v) is 11.3. The fourth-order valence-electron chi connectivity index (χ4n) is 3.19. The molecule has 2 rings (SSSR count). The molecule has 3 unspecified atom stereocenters. The Bertz CT molecular complexity index is 939. The second-order valence-corrected chi connectivity index (χ2v) is 9.57. The first-order chi connectivity index (χ1) is 14.1. The fourth-order valence-corrected chi connectivity index (χ4v) is 4.18. The third-order valence-electron chi connectivity index (χ3n) is 4.67. The fraction of sp³-hybridized carbons (Fsp3) is 0.529. The maximum Gasteiger partial charge on any atom is 0.432 e. The molecule has 1 N–H and O–H groups in total. The van der Waals surface area contributed by atoms with Crippen LogP contribution in [-0.2, 0) is 24.4 Å². The first-order valence-electron chi connectivity index (χ1n) is 8.81. The molecule has 0 heterocycles. The van der Waals surface area contributed by atoms with E-state index in [-0.39, 0.29) is 12.8 Å². The Labute approximate surface area is 187 Å². The summed E-state index contributed by atoms with van der Waals surface area (Å²) in [6, 6.07) is 6.49. The van der Waals surface area contributed by atoms with Crippen molar-refractivity contribution in [2.45, 2.75) is 43.2 Å². The van der Waals surface area contributed by atoms with Crippen molar-refractivity contribution < 1.29 is 49.2 Å². The monoisotopic (exact) mass is 584 g/mol. The van der Waals surface area contributed by atoms with E-state index in [0.29, 0.717) is 18.5 Å².